The second-order valence-corrected chi connectivity index (χ2v) is 4.52. The highest BCUT2D eigenvalue weighted by Crippen LogP contribution is 2.19. The summed E-state index contributed by atoms with van der Waals surface area (Å²) in [5.74, 6) is -1.62. The monoisotopic (exact) mass is 262 g/mol. The highest BCUT2D eigenvalue weighted by molar-refractivity contribution is 5.24. The van der Waals surface area contributed by atoms with Crippen molar-refractivity contribution in [2.24, 2.45) is 0 Å². The Morgan fingerprint density at radius 3 is 2.58 bits per heavy atom. The van der Waals surface area contributed by atoms with E-state index in [1.54, 1.807) is 12.3 Å². The van der Waals surface area contributed by atoms with Crippen LogP contribution in [0.1, 0.15) is 22.9 Å². The third kappa shape index (κ3) is 3.35. The van der Waals surface area contributed by atoms with Crippen molar-refractivity contribution in [3.63, 3.8) is 0 Å². The number of aromatic nitrogens is 1. The Morgan fingerprint density at radius 2 is 1.95 bits per heavy atom. The smallest absolute Gasteiger partial charge is 0.159 e. The molecule has 100 valence electrons. The van der Waals surface area contributed by atoms with Crippen LogP contribution in [0.15, 0.2) is 36.5 Å². The molecule has 1 N–H and O–H groups in total. The molecular formula is C15H16F2N2. The van der Waals surface area contributed by atoms with E-state index in [1.165, 1.54) is 6.07 Å². The van der Waals surface area contributed by atoms with Crippen LogP contribution >= 0.6 is 0 Å². The van der Waals surface area contributed by atoms with Crippen LogP contribution in [0.4, 0.5) is 8.78 Å². The Bertz CT molecular complexity index is 570. The first-order valence-electron chi connectivity index (χ1n) is 6.14. The molecule has 1 aromatic carbocycles. The summed E-state index contributed by atoms with van der Waals surface area (Å²) < 4.78 is 26.1. The van der Waals surface area contributed by atoms with E-state index in [0.29, 0.717) is 6.42 Å². The minimum Gasteiger partial charge on any atom is -0.313 e. The van der Waals surface area contributed by atoms with Gasteiger partial charge in [-0.3, -0.25) is 4.98 Å². The molecule has 0 aliphatic heterocycles. The average molecular weight is 262 g/mol. The van der Waals surface area contributed by atoms with Crippen molar-refractivity contribution in [3.8, 4) is 0 Å². The summed E-state index contributed by atoms with van der Waals surface area (Å²) in [6.45, 7) is 1.92. The lowest BCUT2D eigenvalue weighted by atomic mass is 9.99. The van der Waals surface area contributed by atoms with Crippen LogP contribution in [-0.2, 0) is 6.42 Å². The number of nitrogens with one attached hydrogen (secondary N) is 1. The first-order valence-corrected chi connectivity index (χ1v) is 6.14. The van der Waals surface area contributed by atoms with Crippen LogP contribution in [0.3, 0.4) is 0 Å². The zero-order valence-corrected chi connectivity index (χ0v) is 11.0. The molecule has 0 saturated carbocycles. The fourth-order valence-electron chi connectivity index (χ4n) is 2.07. The maximum atomic E-state index is 13.2. The highest BCUT2D eigenvalue weighted by atomic mass is 19.2. The molecular weight excluding hydrogens is 246 g/mol. The molecule has 0 amide bonds. The summed E-state index contributed by atoms with van der Waals surface area (Å²) in [5, 5.41) is 3.18. The summed E-state index contributed by atoms with van der Waals surface area (Å²) >= 11 is 0. The predicted molar refractivity (Wildman–Crippen MR) is 70.8 cm³/mol. The van der Waals surface area contributed by atoms with Crippen LogP contribution in [0, 0.1) is 18.6 Å². The predicted octanol–water partition coefficient (Wildman–Crippen LogP) is 3.17. The van der Waals surface area contributed by atoms with Crippen LogP contribution in [0.25, 0.3) is 0 Å². The standard InChI is InChI=1S/C15H16F2N2/c1-10-7-12(5-6-19-10)15(18-2)9-11-3-4-13(16)14(17)8-11/h3-8,15,18H,9H2,1-2H3. The van der Waals surface area contributed by atoms with Crippen molar-refractivity contribution < 1.29 is 8.78 Å². The topological polar surface area (TPSA) is 24.9 Å². The second kappa shape index (κ2) is 5.89. The van der Waals surface area contributed by atoms with Crippen molar-refractivity contribution >= 4 is 0 Å². The van der Waals surface area contributed by atoms with Gasteiger partial charge in [0.2, 0.25) is 0 Å². The first-order chi connectivity index (χ1) is 9.10. The Hall–Kier alpha value is -1.81. The first kappa shape index (κ1) is 13.6. The molecule has 0 bridgehead atoms. The fourth-order valence-corrected chi connectivity index (χ4v) is 2.07. The van der Waals surface area contributed by atoms with Crippen LogP contribution in [0.5, 0.6) is 0 Å². The van der Waals surface area contributed by atoms with Crippen molar-refractivity contribution in [1.29, 1.82) is 0 Å². The number of benzene rings is 1. The summed E-state index contributed by atoms with van der Waals surface area (Å²) in [6.07, 6.45) is 2.34. The van der Waals surface area contributed by atoms with Gasteiger partial charge in [0.05, 0.1) is 0 Å². The van der Waals surface area contributed by atoms with E-state index >= 15 is 0 Å². The molecule has 0 spiro atoms. The number of hydrogen-bond acceptors (Lipinski definition) is 2. The summed E-state index contributed by atoms with van der Waals surface area (Å²) in [4.78, 5) is 4.15. The molecule has 0 radical (unpaired) electrons. The second-order valence-electron chi connectivity index (χ2n) is 4.52. The van der Waals surface area contributed by atoms with Gasteiger partial charge < -0.3 is 5.32 Å². The lowest BCUT2D eigenvalue weighted by Gasteiger charge is -2.17. The quantitative estimate of drug-likeness (QED) is 0.915. The molecule has 19 heavy (non-hydrogen) atoms. The molecule has 4 heteroatoms. The Morgan fingerprint density at radius 1 is 1.16 bits per heavy atom. The molecule has 2 aromatic rings. The number of halogens is 2. The molecule has 1 heterocycles. The van der Waals surface area contributed by atoms with Gasteiger partial charge in [0, 0.05) is 17.9 Å². The summed E-state index contributed by atoms with van der Waals surface area (Å²) in [6, 6.07) is 7.97. The summed E-state index contributed by atoms with van der Waals surface area (Å²) in [5.41, 5.74) is 2.77. The van der Waals surface area contributed by atoms with E-state index in [2.05, 4.69) is 10.3 Å². The Kier molecular flexibility index (Phi) is 4.22. The van der Waals surface area contributed by atoms with E-state index in [-0.39, 0.29) is 6.04 Å². The molecule has 0 aliphatic carbocycles. The van der Waals surface area contributed by atoms with Crippen LogP contribution < -0.4 is 5.32 Å². The fraction of sp³-hybridized carbons (Fsp3) is 0.267. The van der Waals surface area contributed by atoms with E-state index in [1.807, 2.05) is 26.1 Å². The van der Waals surface area contributed by atoms with Crippen molar-refractivity contribution in [3.05, 3.63) is 65.0 Å². The van der Waals surface area contributed by atoms with Gasteiger partial charge in [-0.1, -0.05) is 6.07 Å². The minimum absolute atomic E-state index is 0.0477. The minimum atomic E-state index is -0.815. The number of nitrogens with zero attached hydrogens (tertiary/aromatic N) is 1. The van der Waals surface area contributed by atoms with Gasteiger partial charge >= 0.3 is 0 Å². The van der Waals surface area contributed by atoms with E-state index in [0.717, 1.165) is 22.9 Å². The number of rotatable bonds is 4. The molecule has 2 nitrogen and oxygen atoms in total. The number of likely N-dealkylation sites (N-methyl/N-ethyl adjacent to an activating group) is 1. The lowest BCUT2D eigenvalue weighted by molar-refractivity contribution is 0.504. The molecule has 1 aromatic heterocycles. The van der Waals surface area contributed by atoms with Crippen LogP contribution in [-0.4, -0.2) is 12.0 Å². The van der Waals surface area contributed by atoms with Crippen molar-refractivity contribution in [2.45, 2.75) is 19.4 Å². The third-order valence-corrected chi connectivity index (χ3v) is 3.10. The number of pyridine rings is 1. The van der Waals surface area contributed by atoms with Gasteiger partial charge in [-0.2, -0.15) is 0 Å². The molecule has 2 rings (SSSR count). The zero-order valence-electron chi connectivity index (χ0n) is 11.0. The lowest BCUT2D eigenvalue weighted by Crippen LogP contribution is -2.19. The van der Waals surface area contributed by atoms with Gasteiger partial charge in [-0.15, -0.1) is 0 Å². The van der Waals surface area contributed by atoms with Gasteiger partial charge in [0.1, 0.15) is 0 Å². The van der Waals surface area contributed by atoms with Crippen molar-refractivity contribution in [1.82, 2.24) is 10.3 Å². The van der Waals surface area contributed by atoms with Gasteiger partial charge in [-0.05, 0) is 55.8 Å². The normalized spacial score (nSPS) is 12.4. The van der Waals surface area contributed by atoms with E-state index in [4.69, 9.17) is 0 Å². The molecule has 0 aliphatic rings. The molecule has 0 fully saturated rings. The molecule has 1 atom stereocenters. The number of hydrogen-bond donors (Lipinski definition) is 1. The van der Waals surface area contributed by atoms with Gasteiger partial charge in [-0.25, -0.2) is 8.78 Å². The van der Waals surface area contributed by atoms with E-state index in [9.17, 15) is 8.78 Å². The summed E-state index contributed by atoms with van der Waals surface area (Å²) in [7, 11) is 1.85. The molecule has 1 unspecified atom stereocenters. The Labute approximate surface area is 111 Å². The zero-order chi connectivity index (χ0) is 13.8. The SMILES string of the molecule is CNC(Cc1ccc(F)c(F)c1)c1ccnc(C)c1. The van der Waals surface area contributed by atoms with Gasteiger partial charge in [0.25, 0.3) is 0 Å². The number of aryl methyl sites for hydroxylation is 1. The third-order valence-electron chi connectivity index (χ3n) is 3.10. The van der Waals surface area contributed by atoms with Crippen molar-refractivity contribution in [2.75, 3.05) is 7.05 Å². The van der Waals surface area contributed by atoms with Gasteiger partial charge in [0.15, 0.2) is 11.6 Å². The van der Waals surface area contributed by atoms with E-state index < -0.39 is 11.6 Å². The largest absolute Gasteiger partial charge is 0.313 e. The highest BCUT2D eigenvalue weighted by Gasteiger charge is 2.12. The Balaban J connectivity index is 2.21. The average Bonchev–Trinajstić information content (AvgIpc) is 2.40. The van der Waals surface area contributed by atoms with Crippen LogP contribution in [0.2, 0.25) is 0 Å². The molecule has 0 saturated heterocycles. The maximum absolute atomic E-state index is 13.2. The maximum Gasteiger partial charge on any atom is 0.159 e.